The molecule has 0 aromatic carbocycles. The van der Waals surface area contributed by atoms with Gasteiger partial charge in [-0.25, -0.2) is 13.4 Å². The molecule has 1 aromatic rings. The number of halogens is 1. The maximum atomic E-state index is 11.8. The van der Waals surface area contributed by atoms with Gasteiger partial charge in [-0.1, -0.05) is 15.9 Å². The summed E-state index contributed by atoms with van der Waals surface area (Å²) in [7, 11) is -3.25. The Morgan fingerprint density at radius 2 is 2.15 bits per heavy atom. The molecule has 5 nitrogen and oxygen atoms in total. The van der Waals surface area contributed by atoms with Crippen LogP contribution >= 0.6 is 15.9 Å². The Morgan fingerprint density at radius 1 is 1.45 bits per heavy atom. The molecule has 0 unspecified atom stereocenters. The molecule has 0 bridgehead atoms. The Balaban J connectivity index is 2.08. The normalized spacial score (nSPS) is 17.4. The Labute approximate surface area is 128 Å². The predicted molar refractivity (Wildman–Crippen MR) is 82.3 cm³/mol. The number of piperidine rings is 1. The van der Waals surface area contributed by atoms with Gasteiger partial charge in [-0.15, -0.1) is 0 Å². The van der Waals surface area contributed by atoms with Crippen molar-refractivity contribution in [3.8, 4) is 0 Å². The third-order valence-corrected chi connectivity index (χ3v) is 4.76. The van der Waals surface area contributed by atoms with Crippen LogP contribution < -0.4 is 4.90 Å². The zero-order chi connectivity index (χ0) is 14.6. The van der Waals surface area contributed by atoms with Gasteiger partial charge in [0.15, 0.2) is 9.84 Å². The van der Waals surface area contributed by atoms with Crippen molar-refractivity contribution in [3.63, 3.8) is 0 Å². The third-order valence-electron chi connectivity index (χ3n) is 3.32. The molecule has 2 rings (SSSR count). The molecular formula is C13H19BrN2O3S. The summed E-state index contributed by atoms with van der Waals surface area (Å²) in [5.74, 6) is 0.564. The monoisotopic (exact) mass is 362 g/mol. The molecule has 2 heterocycles. The standard InChI is InChI=1S/C13H19BrN2O3S/c1-20(17,18)12-3-2-7-15-13(12)16-8-4-11(5-9-16)19-10-6-14/h2-3,7,11H,4-6,8-10H2,1H3. The van der Waals surface area contributed by atoms with E-state index in [-0.39, 0.29) is 6.10 Å². The number of aromatic nitrogens is 1. The number of pyridine rings is 1. The van der Waals surface area contributed by atoms with Crippen LogP contribution in [0.15, 0.2) is 23.2 Å². The minimum atomic E-state index is -3.25. The molecule has 1 fully saturated rings. The van der Waals surface area contributed by atoms with Crippen molar-refractivity contribution >= 4 is 31.6 Å². The summed E-state index contributed by atoms with van der Waals surface area (Å²) in [6.07, 6.45) is 4.91. The van der Waals surface area contributed by atoms with E-state index in [4.69, 9.17) is 4.74 Å². The van der Waals surface area contributed by atoms with Crippen molar-refractivity contribution < 1.29 is 13.2 Å². The first-order valence-electron chi connectivity index (χ1n) is 6.60. The van der Waals surface area contributed by atoms with Gasteiger partial charge in [-0.3, -0.25) is 0 Å². The van der Waals surface area contributed by atoms with Crippen molar-refractivity contribution in [2.24, 2.45) is 0 Å². The van der Waals surface area contributed by atoms with Gasteiger partial charge in [0.2, 0.25) is 0 Å². The van der Waals surface area contributed by atoms with Crippen LogP contribution in [0.3, 0.4) is 0 Å². The van der Waals surface area contributed by atoms with Crippen LogP contribution in [0.4, 0.5) is 5.82 Å². The zero-order valence-electron chi connectivity index (χ0n) is 11.5. The van der Waals surface area contributed by atoms with Gasteiger partial charge in [0.05, 0.1) is 12.7 Å². The first kappa shape index (κ1) is 15.7. The summed E-state index contributed by atoms with van der Waals surface area (Å²) in [4.78, 5) is 6.59. The summed E-state index contributed by atoms with van der Waals surface area (Å²) in [5, 5.41) is 0.839. The average Bonchev–Trinajstić information content (AvgIpc) is 2.45. The number of sulfone groups is 1. The molecule has 0 N–H and O–H groups in total. The van der Waals surface area contributed by atoms with Crippen LogP contribution in [-0.4, -0.2) is 50.8 Å². The van der Waals surface area contributed by atoms with Crippen LogP contribution in [0.1, 0.15) is 12.8 Å². The van der Waals surface area contributed by atoms with E-state index in [1.54, 1.807) is 18.3 Å². The second kappa shape index (κ2) is 6.87. The topological polar surface area (TPSA) is 59.5 Å². The molecule has 7 heteroatoms. The molecule has 0 amide bonds. The molecule has 0 aliphatic carbocycles. The van der Waals surface area contributed by atoms with E-state index in [0.29, 0.717) is 17.3 Å². The smallest absolute Gasteiger partial charge is 0.179 e. The third kappa shape index (κ3) is 3.93. The molecule has 0 atom stereocenters. The lowest BCUT2D eigenvalue weighted by Gasteiger charge is -2.33. The number of hydrogen-bond acceptors (Lipinski definition) is 5. The fourth-order valence-electron chi connectivity index (χ4n) is 2.35. The minimum absolute atomic E-state index is 0.259. The van der Waals surface area contributed by atoms with Crippen LogP contribution in [0.5, 0.6) is 0 Å². The Kier molecular flexibility index (Phi) is 5.40. The second-order valence-corrected chi connectivity index (χ2v) is 7.62. The first-order valence-corrected chi connectivity index (χ1v) is 9.61. The lowest BCUT2D eigenvalue weighted by molar-refractivity contribution is 0.0479. The van der Waals surface area contributed by atoms with Crippen LogP contribution in [0.25, 0.3) is 0 Å². The highest BCUT2D eigenvalue weighted by Crippen LogP contribution is 2.26. The number of nitrogens with zero attached hydrogens (tertiary/aromatic N) is 2. The van der Waals surface area contributed by atoms with Crippen molar-refractivity contribution in [2.75, 3.05) is 36.2 Å². The minimum Gasteiger partial charge on any atom is -0.377 e. The van der Waals surface area contributed by atoms with Crippen LogP contribution in [0, 0.1) is 0 Å². The molecule has 1 saturated heterocycles. The van der Waals surface area contributed by atoms with Gasteiger partial charge in [-0.2, -0.15) is 0 Å². The number of ether oxygens (including phenoxy) is 1. The Bertz CT molecular complexity index is 542. The highest BCUT2D eigenvalue weighted by molar-refractivity contribution is 9.09. The second-order valence-electron chi connectivity index (χ2n) is 4.84. The number of alkyl halides is 1. The molecule has 1 aromatic heterocycles. The van der Waals surface area contributed by atoms with Gasteiger partial charge < -0.3 is 9.64 Å². The maximum Gasteiger partial charge on any atom is 0.179 e. The number of hydrogen-bond donors (Lipinski definition) is 0. The fourth-order valence-corrected chi connectivity index (χ4v) is 3.38. The zero-order valence-corrected chi connectivity index (χ0v) is 13.9. The van der Waals surface area contributed by atoms with Gasteiger partial charge in [0.25, 0.3) is 0 Å². The van der Waals surface area contributed by atoms with Gasteiger partial charge in [0.1, 0.15) is 10.7 Å². The van der Waals surface area contributed by atoms with E-state index in [2.05, 4.69) is 20.9 Å². The summed E-state index contributed by atoms with van der Waals surface area (Å²) in [5.41, 5.74) is 0. The SMILES string of the molecule is CS(=O)(=O)c1cccnc1N1CCC(OCCBr)CC1. The van der Waals surface area contributed by atoms with Crippen LogP contribution in [-0.2, 0) is 14.6 Å². The summed E-state index contributed by atoms with van der Waals surface area (Å²) in [6.45, 7) is 2.25. The number of rotatable bonds is 5. The molecule has 1 aliphatic heterocycles. The summed E-state index contributed by atoms with van der Waals surface area (Å²) in [6, 6.07) is 3.27. The molecule has 1 aliphatic rings. The van der Waals surface area contributed by atoms with Crippen molar-refractivity contribution in [2.45, 2.75) is 23.8 Å². The number of anilines is 1. The first-order chi connectivity index (χ1) is 9.52. The molecule has 0 radical (unpaired) electrons. The van der Waals surface area contributed by atoms with Crippen molar-refractivity contribution in [3.05, 3.63) is 18.3 Å². The van der Waals surface area contributed by atoms with Gasteiger partial charge in [0, 0.05) is 30.9 Å². The molecule has 20 heavy (non-hydrogen) atoms. The van der Waals surface area contributed by atoms with Crippen molar-refractivity contribution in [1.82, 2.24) is 4.98 Å². The summed E-state index contributed by atoms with van der Waals surface area (Å²) < 4.78 is 29.3. The Hall–Kier alpha value is -0.660. The van der Waals surface area contributed by atoms with Crippen molar-refractivity contribution in [1.29, 1.82) is 0 Å². The van der Waals surface area contributed by atoms with Crippen LogP contribution in [0.2, 0.25) is 0 Å². The lowest BCUT2D eigenvalue weighted by Crippen LogP contribution is -2.38. The highest BCUT2D eigenvalue weighted by Gasteiger charge is 2.24. The van der Waals surface area contributed by atoms with E-state index < -0.39 is 9.84 Å². The van der Waals surface area contributed by atoms with Gasteiger partial charge >= 0.3 is 0 Å². The maximum absolute atomic E-state index is 11.8. The molecular weight excluding hydrogens is 344 g/mol. The summed E-state index contributed by atoms with van der Waals surface area (Å²) >= 11 is 3.34. The molecule has 0 spiro atoms. The van der Waals surface area contributed by atoms with Gasteiger partial charge in [-0.05, 0) is 25.0 Å². The average molecular weight is 363 g/mol. The van der Waals surface area contributed by atoms with E-state index in [9.17, 15) is 8.42 Å². The Morgan fingerprint density at radius 3 is 2.75 bits per heavy atom. The molecule has 112 valence electrons. The highest BCUT2D eigenvalue weighted by atomic mass is 79.9. The largest absolute Gasteiger partial charge is 0.377 e. The quantitative estimate of drug-likeness (QED) is 0.748. The van der Waals surface area contributed by atoms with E-state index in [1.807, 2.05) is 4.90 Å². The molecule has 0 saturated carbocycles. The predicted octanol–water partition coefficient (Wildman–Crippen LogP) is 1.87. The van der Waals surface area contributed by atoms with E-state index >= 15 is 0 Å². The van der Waals surface area contributed by atoms with E-state index in [1.165, 1.54) is 6.26 Å². The lowest BCUT2D eigenvalue weighted by atomic mass is 10.1. The fraction of sp³-hybridized carbons (Fsp3) is 0.615. The van der Waals surface area contributed by atoms with E-state index in [0.717, 1.165) is 31.3 Å².